The highest BCUT2D eigenvalue weighted by Gasteiger charge is 2.17. The Morgan fingerprint density at radius 3 is 2.72 bits per heavy atom. The number of hydrogen-bond donors (Lipinski definition) is 0. The van der Waals surface area contributed by atoms with Gasteiger partial charge in [-0.1, -0.05) is 0 Å². The van der Waals surface area contributed by atoms with Crippen LogP contribution in [0.3, 0.4) is 0 Å². The average molecular weight is 388 g/mol. The lowest BCUT2D eigenvalue weighted by atomic mass is 10.1. The standard InChI is InChI=1S/C15H12ClF2N3O3S/c1-25(22,23)9-4-5-10(12(7-9)24-8-13(17)18)11-3-2-6-21-14(11)19-15(16)20-21/h2-7,13H,8H2,1H3. The topological polar surface area (TPSA) is 73.6 Å². The van der Waals surface area contributed by atoms with Crippen LogP contribution in [0.1, 0.15) is 0 Å². The molecule has 0 N–H and O–H groups in total. The summed E-state index contributed by atoms with van der Waals surface area (Å²) in [5.74, 6) is 0.00967. The van der Waals surface area contributed by atoms with Gasteiger partial charge in [-0.2, -0.15) is 4.98 Å². The highest BCUT2D eigenvalue weighted by Crippen LogP contribution is 2.34. The van der Waals surface area contributed by atoms with Crippen molar-refractivity contribution in [2.75, 3.05) is 12.9 Å². The molecule has 0 radical (unpaired) electrons. The Hall–Kier alpha value is -2.26. The van der Waals surface area contributed by atoms with E-state index in [0.717, 1.165) is 6.26 Å². The van der Waals surface area contributed by atoms with Gasteiger partial charge in [0.2, 0.25) is 5.28 Å². The van der Waals surface area contributed by atoms with Crippen LogP contribution in [0.25, 0.3) is 16.8 Å². The van der Waals surface area contributed by atoms with E-state index in [0.29, 0.717) is 16.8 Å². The van der Waals surface area contributed by atoms with E-state index < -0.39 is 22.9 Å². The van der Waals surface area contributed by atoms with Gasteiger partial charge in [-0.05, 0) is 41.9 Å². The second-order valence-electron chi connectivity index (χ2n) is 5.20. The molecule has 10 heteroatoms. The van der Waals surface area contributed by atoms with Gasteiger partial charge < -0.3 is 4.74 Å². The molecular weight excluding hydrogens is 376 g/mol. The fourth-order valence-electron chi connectivity index (χ4n) is 2.32. The van der Waals surface area contributed by atoms with Crippen LogP contribution in [0.5, 0.6) is 5.75 Å². The number of sulfone groups is 1. The van der Waals surface area contributed by atoms with Gasteiger partial charge in [0, 0.05) is 23.6 Å². The highest BCUT2D eigenvalue weighted by molar-refractivity contribution is 7.90. The van der Waals surface area contributed by atoms with Crippen LogP contribution in [0.4, 0.5) is 8.78 Å². The van der Waals surface area contributed by atoms with Gasteiger partial charge in [-0.15, -0.1) is 5.10 Å². The largest absolute Gasteiger partial charge is 0.487 e. The van der Waals surface area contributed by atoms with E-state index >= 15 is 0 Å². The van der Waals surface area contributed by atoms with Crippen molar-refractivity contribution in [2.24, 2.45) is 0 Å². The maximum absolute atomic E-state index is 12.6. The summed E-state index contributed by atoms with van der Waals surface area (Å²) in [5.41, 5.74) is 1.32. The Morgan fingerprint density at radius 1 is 1.28 bits per heavy atom. The maximum Gasteiger partial charge on any atom is 0.272 e. The zero-order valence-electron chi connectivity index (χ0n) is 12.9. The summed E-state index contributed by atoms with van der Waals surface area (Å²) >= 11 is 5.82. The van der Waals surface area contributed by atoms with Crippen LogP contribution < -0.4 is 4.74 Å². The molecule has 0 aliphatic carbocycles. The fraction of sp³-hybridized carbons (Fsp3) is 0.200. The molecule has 0 unspecified atom stereocenters. The molecule has 6 nitrogen and oxygen atoms in total. The lowest BCUT2D eigenvalue weighted by molar-refractivity contribution is 0.0821. The molecular formula is C15H12ClF2N3O3S. The molecule has 3 aromatic rings. The first-order valence-corrected chi connectivity index (χ1v) is 9.29. The first-order valence-electron chi connectivity index (χ1n) is 7.02. The van der Waals surface area contributed by atoms with Gasteiger partial charge >= 0.3 is 0 Å². The summed E-state index contributed by atoms with van der Waals surface area (Å²) in [6.45, 7) is -0.864. The van der Waals surface area contributed by atoms with Crippen molar-refractivity contribution in [2.45, 2.75) is 11.3 Å². The van der Waals surface area contributed by atoms with Gasteiger partial charge in [-0.25, -0.2) is 21.7 Å². The van der Waals surface area contributed by atoms with E-state index in [9.17, 15) is 17.2 Å². The fourth-order valence-corrected chi connectivity index (χ4v) is 3.12. The van der Waals surface area contributed by atoms with Gasteiger partial charge in [0.25, 0.3) is 6.43 Å². The molecule has 0 saturated heterocycles. The number of halogens is 3. The summed E-state index contributed by atoms with van der Waals surface area (Å²) in [7, 11) is -3.52. The van der Waals surface area contributed by atoms with E-state index in [2.05, 4.69) is 10.1 Å². The number of ether oxygens (including phenoxy) is 1. The Balaban J connectivity index is 2.19. The summed E-state index contributed by atoms with van der Waals surface area (Å²) in [6, 6.07) is 7.44. The van der Waals surface area contributed by atoms with Gasteiger partial charge in [-0.3, -0.25) is 0 Å². The van der Waals surface area contributed by atoms with Crippen LogP contribution >= 0.6 is 11.6 Å². The quantitative estimate of drug-likeness (QED) is 0.672. The zero-order valence-corrected chi connectivity index (χ0v) is 14.4. The molecule has 2 aromatic heterocycles. The molecule has 0 bridgehead atoms. The van der Waals surface area contributed by atoms with Crippen LogP contribution in [-0.2, 0) is 9.84 Å². The van der Waals surface area contributed by atoms with Crippen LogP contribution in [0.15, 0.2) is 41.4 Å². The number of aromatic nitrogens is 3. The van der Waals surface area contributed by atoms with E-state index in [1.807, 2.05) is 0 Å². The number of pyridine rings is 1. The van der Waals surface area contributed by atoms with Gasteiger partial charge in [0.05, 0.1) is 4.90 Å². The normalized spacial score (nSPS) is 12.0. The third kappa shape index (κ3) is 3.72. The number of rotatable bonds is 5. The first kappa shape index (κ1) is 17.6. The van der Waals surface area contributed by atoms with E-state index in [1.165, 1.54) is 22.7 Å². The van der Waals surface area contributed by atoms with Crippen molar-refractivity contribution in [3.05, 3.63) is 41.8 Å². The third-order valence-electron chi connectivity index (χ3n) is 3.37. The van der Waals surface area contributed by atoms with Crippen molar-refractivity contribution in [1.82, 2.24) is 14.6 Å². The van der Waals surface area contributed by atoms with Crippen LogP contribution in [0.2, 0.25) is 5.28 Å². The molecule has 0 atom stereocenters. The maximum atomic E-state index is 12.6. The predicted octanol–water partition coefficient (Wildman–Crippen LogP) is 3.10. The van der Waals surface area contributed by atoms with E-state index in [4.69, 9.17) is 16.3 Å². The van der Waals surface area contributed by atoms with Crippen molar-refractivity contribution >= 4 is 27.1 Å². The number of hydrogen-bond acceptors (Lipinski definition) is 5. The summed E-state index contributed by atoms with van der Waals surface area (Å²) in [6.07, 6.45) is -0.0479. The molecule has 0 aliphatic heterocycles. The lowest BCUT2D eigenvalue weighted by Crippen LogP contribution is -2.09. The Labute approximate surface area is 146 Å². The predicted molar refractivity (Wildman–Crippen MR) is 88.0 cm³/mol. The van der Waals surface area contributed by atoms with Crippen molar-refractivity contribution in [3.63, 3.8) is 0 Å². The number of benzene rings is 1. The SMILES string of the molecule is CS(=O)(=O)c1ccc(-c2cccn3nc(Cl)nc23)c(OCC(F)F)c1. The lowest BCUT2D eigenvalue weighted by Gasteiger charge is -2.13. The minimum Gasteiger partial charge on any atom is -0.487 e. The summed E-state index contributed by atoms with van der Waals surface area (Å²) < 4.78 is 55.2. The van der Waals surface area contributed by atoms with Crippen molar-refractivity contribution < 1.29 is 21.9 Å². The smallest absolute Gasteiger partial charge is 0.272 e. The molecule has 0 amide bonds. The van der Waals surface area contributed by atoms with E-state index in [1.54, 1.807) is 18.3 Å². The second-order valence-corrected chi connectivity index (χ2v) is 7.56. The second kappa shape index (κ2) is 6.57. The molecule has 2 heterocycles. The molecule has 3 rings (SSSR count). The average Bonchev–Trinajstić information content (AvgIpc) is 2.92. The molecule has 0 fully saturated rings. The Bertz CT molecular complexity index is 1040. The molecule has 25 heavy (non-hydrogen) atoms. The Morgan fingerprint density at radius 2 is 2.04 bits per heavy atom. The monoisotopic (exact) mass is 387 g/mol. The summed E-state index contributed by atoms with van der Waals surface area (Å²) in [5, 5.41) is 4.00. The highest BCUT2D eigenvalue weighted by atomic mass is 35.5. The van der Waals surface area contributed by atoms with Gasteiger partial charge in [0.1, 0.15) is 12.4 Å². The molecule has 0 aliphatic rings. The van der Waals surface area contributed by atoms with E-state index in [-0.39, 0.29) is 15.9 Å². The van der Waals surface area contributed by atoms with Crippen molar-refractivity contribution in [1.29, 1.82) is 0 Å². The summed E-state index contributed by atoms with van der Waals surface area (Å²) in [4.78, 5) is 4.06. The van der Waals surface area contributed by atoms with Gasteiger partial charge in [0.15, 0.2) is 15.5 Å². The molecule has 0 saturated carbocycles. The Kier molecular flexibility index (Phi) is 4.61. The minimum atomic E-state index is -3.52. The minimum absolute atomic E-state index is 0.00967. The third-order valence-corrected chi connectivity index (χ3v) is 4.64. The first-order chi connectivity index (χ1) is 11.8. The number of alkyl halides is 2. The zero-order chi connectivity index (χ0) is 18.2. The molecule has 1 aromatic carbocycles. The van der Waals surface area contributed by atoms with Crippen LogP contribution in [0, 0.1) is 0 Å². The molecule has 132 valence electrons. The van der Waals surface area contributed by atoms with Crippen molar-refractivity contribution in [3.8, 4) is 16.9 Å². The number of nitrogens with zero attached hydrogens (tertiary/aromatic N) is 3. The van der Waals surface area contributed by atoms with Crippen LogP contribution in [-0.4, -0.2) is 42.3 Å². The molecule has 0 spiro atoms. The number of fused-ring (bicyclic) bond motifs is 1.